The lowest BCUT2D eigenvalue weighted by molar-refractivity contribution is -0.139. The molecule has 7 nitrogen and oxygen atoms in total. The normalized spacial score (nSPS) is 12.2. The summed E-state index contributed by atoms with van der Waals surface area (Å²) in [7, 11) is -4.20. The summed E-state index contributed by atoms with van der Waals surface area (Å²) >= 11 is 19.1. The summed E-state index contributed by atoms with van der Waals surface area (Å²) in [5, 5.41) is 3.78. The summed E-state index contributed by atoms with van der Waals surface area (Å²) in [6, 6.07) is 16.4. The van der Waals surface area contributed by atoms with E-state index in [0.29, 0.717) is 26.2 Å². The van der Waals surface area contributed by atoms with E-state index in [2.05, 4.69) is 5.32 Å². The first-order chi connectivity index (χ1) is 18.3. The highest BCUT2D eigenvalue weighted by atomic mass is 35.5. The van der Waals surface area contributed by atoms with Gasteiger partial charge < -0.3 is 10.2 Å². The van der Waals surface area contributed by atoms with Crippen molar-refractivity contribution in [3.63, 3.8) is 0 Å². The van der Waals surface area contributed by atoms with Crippen LogP contribution in [0.2, 0.25) is 15.1 Å². The molecule has 1 atom stereocenters. The van der Waals surface area contributed by atoms with Gasteiger partial charge in [-0.25, -0.2) is 8.42 Å². The Morgan fingerprint density at radius 2 is 1.41 bits per heavy atom. The Balaban J connectivity index is 2.10. The van der Waals surface area contributed by atoms with Crippen LogP contribution < -0.4 is 9.62 Å². The molecule has 11 heteroatoms. The average Bonchev–Trinajstić information content (AvgIpc) is 2.88. The van der Waals surface area contributed by atoms with E-state index in [4.69, 9.17) is 34.8 Å². The Kier molecular flexibility index (Phi) is 10.3. The number of hydrogen-bond acceptors (Lipinski definition) is 4. The number of nitrogens with zero attached hydrogens (tertiary/aromatic N) is 2. The molecular weight excluding hydrogens is 581 g/mol. The number of carbonyl (C=O) groups is 2. The molecule has 1 N–H and O–H groups in total. The predicted octanol–water partition coefficient (Wildman–Crippen LogP) is 6.09. The lowest BCUT2D eigenvalue weighted by Gasteiger charge is -2.33. The van der Waals surface area contributed by atoms with Gasteiger partial charge in [0, 0.05) is 33.2 Å². The molecule has 2 amide bonds. The van der Waals surface area contributed by atoms with Crippen molar-refractivity contribution in [2.75, 3.05) is 10.8 Å². The van der Waals surface area contributed by atoms with Gasteiger partial charge in [0.1, 0.15) is 12.6 Å². The smallest absolute Gasteiger partial charge is 0.264 e. The quantitative estimate of drug-likeness (QED) is 0.301. The van der Waals surface area contributed by atoms with Crippen LogP contribution in [0.25, 0.3) is 0 Å². The molecule has 0 heterocycles. The second kappa shape index (κ2) is 13.0. The van der Waals surface area contributed by atoms with E-state index in [1.165, 1.54) is 17.0 Å². The molecule has 0 saturated carbocycles. The monoisotopic (exact) mass is 609 g/mol. The van der Waals surface area contributed by atoms with Gasteiger partial charge >= 0.3 is 0 Å². The van der Waals surface area contributed by atoms with Crippen molar-refractivity contribution in [3.05, 3.63) is 92.9 Å². The third kappa shape index (κ3) is 7.25. The number of carbonyl (C=O) groups excluding carboxylic acids is 2. The van der Waals surface area contributed by atoms with E-state index < -0.39 is 34.4 Å². The zero-order valence-electron chi connectivity index (χ0n) is 22.0. The van der Waals surface area contributed by atoms with Gasteiger partial charge in [-0.3, -0.25) is 13.9 Å². The Labute approximate surface area is 244 Å². The van der Waals surface area contributed by atoms with Crippen LogP contribution in [-0.2, 0) is 26.2 Å². The van der Waals surface area contributed by atoms with Crippen LogP contribution >= 0.6 is 34.8 Å². The van der Waals surface area contributed by atoms with Crippen molar-refractivity contribution < 1.29 is 18.0 Å². The van der Waals surface area contributed by atoms with Gasteiger partial charge in [0.15, 0.2) is 0 Å². The highest BCUT2D eigenvalue weighted by Gasteiger charge is 2.34. The van der Waals surface area contributed by atoms with Gasteiger partial charge in [-0.05, 0) is 69.7 Å². The van der Waals surface area contributed by atoms with E-state index in [1.807, 2.05) is 0 Å². The highest BCUT2D eigenvalue weighted by molar-refractivity contribution is 7.92. The van der Waals surface area contributed by atoms with Gasteiger partial charge in [-0.2, -0.15) is 0 Å². The molecule has 0 spiro atoms. The van der Waals surface area contributed by atoms with Gasteiger partial charge in [0.2, 0.25) is 11.8 Å². The minimum atomic E-state index is -4.20. The lowest BCUT2D eigenvalue weighted by Crippen LogP contribution is -2.52. The summed E-state index contributed by atoms with van der Waals surface area (Å²) in [6.07, 6.45) is 0. The van der Waals surface area contributed by atoms with Gasteiger partial charge in [-0.15, -0.1) is 0 Å². The molecule has 208 valence electrons. The van der Waals surface area contributed by atoms with Crippen LogP contribution in [0.4, 0.5) is 5.69 Å². The fourth-order valence-corrected chi connectivity index (χ4v) is 6.12. The Morgan fingerprint density at radius 1 is 0.846 bits per heavy atom. The predicted molar refractivity (Wildman–Crippen MR) is 157 cm³/mol. The maximum Gasteiger partial charge on any atom is 0.264 e. The molecule has 0 aliphatic carbocycles. The zero-order valence-corrected chi connectivity index (χ0v) is 25.1. The van der Waals surface area contributed by atoms with E-state index in [9.17, 15) is 18.0 Å². The third-order valence-electron chi connectivity index (χ3n) is 6.11. The molecule has 0 aliphatic heterocycles. The molecule has 0 unspecified atom stereocenters. The van der Waals surface area contributed by atoms with Crippen LogP contribution in [0.15, 0.2) is 71.6 Å². The summed E-state index contributed by atoms with van der Waals surface area (Å²) in [5.41, 5.74) is 1.17. The molecule has 3 aromatic carbocycles. The minimum Gasteiger partial charge on any atom is -0.352 e. The molecule has 3 rings (SSSR count). The van der Waals surface area contributed by atoms with E-state index >= 15 is 0 Å². The van der Waals surface area contributed by atoms with Crippen molar-refractivity contribution >= 4 is 62.3 Å². The Morgan fingerprint density at radius 3 is 2.00 bits per heavy atom. The molecule has 0 fully saturated rings. The first-order valence-corrected chi connectivity index (χ1v) is 14.8. The summed E-state index contributed by atoms with van der Waals surface area (Å²) in [5.74, 6) is -1.03. The average molecular weight is 611 g/mol. The fraction of sp³-hybridized carbons (Fsp3) is 0.286. The van der Waals surface area contributed by atoms with E-state index in [-0.39, 0.29) is 23.2 Å². The van der Waals surface area contributed by atoms with Gasteiger partial charge in [0.25, 0.3) is 10.0 Å². The summed E-state index contributed by atoms with van der Waals surface area (Å²) in [6.45, 7) is 6.14. The number of amides is 2. The molecule has 0 aliphatic rings. The van der Waals surface area contributed by atoms with Gasteiger partial charge in [-0.1, -0.05) is 65.1 Å². The number of anilines is 1. The first kappa shape index (κ1) is 30.8. The molecule has 0 saturated heterocycles. The Bertz CT molecular complexity index is 1430. The van der Waals surface area contributed by atoms with Crippen LogP contribution in [0.3, 0.4) is 0 Å². The van der Waals surface area contributed by atoms with E-state index in [0.717, 1.165) is 4.31 Å². The summed E-state index contributed by atoms with van der Waals surface area (Å²) < 4.78 is 28.7. The Hall–Kier alpha value is -2.78. The third-order valence-corrected chi connectivity index (χ3v) is 9.00. The van der Waals surface area contributed by atoms with Crippen molar-refractivity contribution in [2.45, 2.75) is 51.2 Å². The maximum atomic E-state index is 14.0. The van der Waals surface area contributed by atoms with Crippen molar-refractivity contribution in [2.24, 2.45) is 0 Å². The number of halogens is 3. The van der Waals surface area contributed by atoms with Gasteiger partial charge in [0.05, 0.1) is 10.6 Å². The highest BCUT2D eigenvalue weighted by Crippen LogP contribution is 2.32. The largest absolute Gasteiger partial charge is 0.352 e. The summed E-state index contributed by atoms with van der Waals surface area (Å²) in [4.78, 5) is 28.3. The second-order valence-corrected chi connectivity index (χ2v) is 12.4. The number of hydrogen-bond donors (Lipinski definition) is 1. The van der Waals surface area contributed by atoms with Crippen LogP contribution in [0.1, 0.15) is 31.9 Å². The van der Waals surface area contributed by atoms with Crippen LogP contribution in [0.5, 0.6) is 0 Å². The van der Waals surface area contributed by atoms with E-state index in [1.54, 1.807) is 82.3 Å². The standard InChI is InChI=1S/C28H30Cl3N3O4S/c1-18(2)32-28(36)20(4)33(16-22-24(30)13-8-14-25(22)31)27(35)17-34(26-15-9-12-23(29)19(26)3)39(37,38)21-10-6-5-7-11-21/h5-15,18,20H,16-17H2,1-4H3,(H,32,36)/t20-/m1/s1. The van der Waals surface area contributed by atoms with Crippen LogP contribution in [-0.4, -0.2) is 43.8 Å². The topological polar surface area (TPSA) is 86.8 Å². The molecule has 0 aromatic heterocycles. The number of sulfonamides is 1. The zero-order chi connectivity index (χ0) is 28.9. The molecule has 0 bridgehead atoms. The van der Waals surface area contributed by atoms with Crippen molar-refractivity contribution in [1.82, 2.24) is 10.2 Å². The minimum absolute atomic E-state index is 0.00322. The number of benzene rings is 3. The molecule has 0 radical (unpaired) electrons. The maximum absolute atomic E-state index is 14.0. The van der Waals surface area contributed by atoms with Crippen molar-refractivity contribution in [3.8, 4) is 0 Å². The molecule has 3 aromatic rings. The van der Waals surface area contributed by atoms with Crippen molar-refractivity contribution in [1.29, 1.82) is 0 Å². The SMILES string of the molecule is Cc1c(Cl)cccc1N(CC(=O)N(Cc1c(Cl)cccc1Cl)[C@H](C)C(=O)NC(C)C)S(=O)(=O)c1ccccc1. The lowest BCUT2D eigenvalue weighted by atomic mass is 10.1. The number of nitrogens with one attached hydrogen (secondary N) is 1. The molecule has 39 heavy (non-hydrogen) atoms. The fourth-order valence-electron chi connectivity index (χ4n) is 3.94. The first-order valence-electron chi connectivity index (χ1n) is 12.2. The van der Waals surface area contributed by atoms with Crippen LogP contribution in [0, 0.1) is 6.92 Å². The molecular formula is C28H30Cl3N3O4S. The number of rotatable bonds is 10. The second-order valence-electron chi connectivity index (χ2n) is 9.27.